The molecule has 0 saturated carbocycles. The third kappa shape index (κ3) is 5.88. The molecule has 2 unspecified atom stereocenters. The van der Waals surface area contributed by atoms with Gasteiger partial charge in [0.2, 0.25) is 5.91 Å². The van der Waals surface area contributed by atoms with E-state index in [0.29, 0.717) is 29.4 Å². The fourth-order valence-corrected chi connectivity index (χ4v) is 5.98. The molecule has 4 rings (SSSR count). The first kappa shape index (κ1) is 28.8. The van der Waals surface area contributed by atoms with Gasteiger partial charge in [-0.1, -0.05) is 12.1 Å². The van der Waals surface area contributed by atoms with Crippen molar-refractivity contribution < 1.29 is 28.2 Å². The van der Waals surface area contributed by atoms with Crippen LogP contribution >= 0.6 is 0 Å². The smallest absolute Gasteiger partial charge is 0.414 e. The molecule has 0 spiro atoms. The fraction of sp³-hybridized carbons (Fsp3) is 0.567. The predicted octanol–water partition coefficient (Wildman–Crippen LogP) is 4.96. The molecule has 212 valence electrons. The van der Waals surface area contributed by atoms with Gasteiger partial charge in [0.05, 0.1) is 18.4 Å². The van der Waals surface area contributed by atoms with Crippen molar-refractivity contribution in [2.75, 3.05) is 26.7 Å². The van der Waals surface area contributed by atoms with Crippen LogP contribution in [0.25, 0.3) is 0 Å². The van der Waals surface area contributed by atoms with Crippen molar-refractivity contribution in [1.82, 2.24) is 15.1 Å². The average Bonchev–Trinajstić information content (AvgIpc) is 3.14. The number of nitrogens with zero attached hydrogens (tertiary/aromatic N) is 2. The van der Waals surface area contributed by atoms with Crippen molar-refractivity contribution in [3.63, 3.8) is 0 Å². The van der Waals surface area contributed by atoms with Gasteiger partial charge in [0, 0.05) is 31.1 Å². The number of methoxy groups -OCH3 is 1. The molecule has 3 atom stereocenters. The quantitative estimate of drug-likeness (QED) is 0.513. The maximum atomic E-state index is 15.1. The highest BCUT2D eigenvalue weighted by molar-refractivity contribution is 5.92. The average molecular weight is 542 g/mol. The molecule has 3 aliphatic rings. The molecule has 0 bridgehead atoms. The first-order chi connectivity index (χ1) is 18.4. The van der Waals surface area contributed by atoms with Crippen molar-refractivity contribution in [3.05, 3.63) is 58.7 Å². The second-order valence-electron chi connectivity index (χ2n) is 11.8. The summed E-state index contributed by atoms with van der Waals surface area (Å²) in [5.41, 5.74) is 0.904. The maximum Gasteiger partial charge on any atom is 0.414 e. The highest BCUT2D eigenvalue weighted by atomic mass is 19.1. The molecule has 1 aromatic carbocycles. The summed E-state index contributed by atoms with van der Waals surface area (Å²) in [6.07, 6.45) is 3.62. The number of likely N-dealkylation sites (N-methyl/N-ethyl adjacent to an activating group) is 1. The largest absolute Gasteiger partial charge is 0.465 e. The van der Waals surface area contributed by atoms with Gasteiger partial charge in [-0.3, -0.25) is 14.6 Å². The molecule has 0 radical (unpaired) electrons. The highest BCUT2D eigenvalue weighted by Crippen LogP contribution is 2.46. The monoisotopic (exact) mass is 541 g/mol. The van der Waals surface area contributed by atoms with Crippen LogP contribution in [0, 0.1) is 11.8 Å². The second kappa shape index (κ2) is 11.1. The first-order valence-electron chi connectivity index (χ1n) is 13.7. The Morgan fingerprint density at radius 3 is 2.54 bits per heavy atom. The van der Waals surface area contributed by atoms with Gasteiger partial charge in [-0.15, -0.1) is 0 Å². The summed E-state index contributed by atoms with van der Waals surface area (Å²) in [6, 6.07) is 7.43. The van der Waals surface area contributed by atoms with E-state index in [0.717, 1.165) is 31.4 Å². The Labute approximate surface area is 230 Å². The minimum atomic E-state index is -0.951. The molecule has 2 amide bonds. The number of nitrogens with one attached hydrogen (secondary N) is 1. The third-order valence-electron chi connectivity index (χ3n) is 8.00. The van der Waals surface area contributed by atoms with Crippen molar-refractivity contribution in [2.45, 2.75) is 71.4 Å². The number of likely N-dealkylation sites (tertiary alicyclic amines) is 1. The van der Waals surface area contributed by atoms with E-state index < -0.39 is 23.2 Å². The van der Waals surface area contributed by atoms with Gasteiger partial charge in [0.15, 0.2) is 0 Å². The Balaban J connectivity index is 1.56. The summed E-state index contributed by atoms with van der Waals surface area (Å²) in [6.45, 7) is 10.7. The van der Waals surface area contributed by atoms with Gasteiger partial charge in [0.25, 0.3) is 0 Å². The zero-order valence-electron chi connectivity index (χ0n) is 23.8. The zero-order valence-corrected chi connectivity index (χ0v) is 23.8. The summed E-state index contributed by atoms with van der Waals surface area (Å²) in [7, 11) is 1.36. The van der Waals surface area contributed by atoms with Gasteiger partial charge in [-0.05, 0) is 90.1 Å². The van der Waals surface area contributed by atoms with Crippen LogP contribution in [0.4, 0.5) is 9.18 Å². The number of hydrogen-bond acceptors (Lipinski definition) is 6. The Hall–Kier alpha value is -3.20. The Morgan fingerprint density at radius 2 is 1.92 bits per heavy atom. The number of piperidine rings is 1. The lowest BCUT2D eigenvalue weighted by Crippen LogP contribution is -2.58. The lowest BCUT2D eigenvalue weighted by molar-refractivity contribution is -0.132. The number of carbonyl (C=O) groups excluding carboxylic acids is 3. The molecule has 2 aliphatic heterocycles. The van der Waals surface area contributed by atoms with Crippen molar-refractivity contribution in [2.24, 2.45) is 11.8 Å². The minimum Gasteiger partial charge on any atom is -0.465 e. The second-order valence-corrected chi connectivity index (χ2v) is 11.8. The molecular formula is C30H40FN3O5. The molecule has 1 N–H and O–H groups in total. The summed E-state index contributed by atoms with van der Waals surface area (Å²) in [5, 5.41) is 3.03. The number of ether oxygens (including phenoxy) is 2. The summed E-state index contributed by atoms with van der Waals surface area (Å²) in [4.78, 5) is 41.9. The number of benzene rings is 1. The maximum absolute atomic E-state index is 15.1. The normalized spacial score (nSPS) is 25.5. The molecule has 2 fully saturated rings. The lowest BCUT2D eigenvalue weighted by atomic mass is 9.77. The highest BCUT2D eigenvalue weighted by Gasteiger charge is 2.56. The number of fused-ring (bicyclic) bond motifs is 1. The number of rotatable bonds is 6. The summed E-state index contributed by atoms with van der Waals surface area (Å²) < 4.78 is 25.5. The van der Waals surface area contributed by atoms with Gasteiger partial charge >= 0.3 is 12.1 Å². The summed E-state index contributed by atoms with van der Waals surface area (Å²) >= 11 is 0. The zero-order chi connectivity index (χ0) is 28.5. The van der Waals surface area contributed by atoms with Gasteiger partial charge in [0.1, 0.15) is 17.0 Å². The Morgan fingerprint density at radius 1 is 1.23 bits per heavy atom. The summed E-state index contributed by atoms with van der Waals surface area (Å²) in [5.74, 6) is -1.04. The molecule has 2 heterocycles. The first-order valence-corrected chi connectivity index (χ1v) is 13.7. The van der Waals surface area contributed by atoms with Crippen LogP contribution in [0.15, 0.2) is 47.6 Å². The van der Waals surface area contributed by atoms with Gasteiger partial charge in [-0.2, -0.15) is 0 Å². The molecular weight excluding hydrogens is 501 g/mol. The van der Waals surface area contributed by atoms with E-state index in [1.165, 1.54) is 18.1 Å². The van der Waals surface area contributed by atoms with Crippen LogP contribution < -0.4 is 5.32 Å². The molecule has 9 heteroatoms. The van der Waals surface area contributed by atoms with Gasteiger partial charge < -0.3 is 14.8 Å². The number of hydrogen-bond donors (Lipinski definition) is 1. The van der Waals surface area contributed by atoms with Crippen LogP contribution in [-0.4, -0.2) is 65.7 Å². The van der Waals surface area contributed by atoms with E-state index in [1.54, 1.807) is 39.8 Å². The van der Waals surface area contributed by atoms with E-state index in [9.17, 15) is 14.4 Å². The van der Waals surface area contributed by atoms with Crippen LogP contribution in [0.3, 0.4) is 0 Å². The van der Waals surface area contributed by atoms with E-state index in [2.05, 4.69) is 10.2 Å². The number of carbonyl (C=O) groups is 3. The van der Waals surface area contributed by atoms with E-state index in [1.807, 2.05) is 19.1 Å². The predicted molar refractivity (Wildman–Crippen MR) is 145 cm³/mol. The van der Waals surface area contributed by atoms with Crippen LogP contribution in [-0.2, 0) is 20.7 Å². The third-order valence-corrected chi connectivity index (χ3v) is 8.00. The lowest BCUT2D eigenvalue weighted by Gasteiger charge is -2.45. The number of halogens is 1. The molecule has 0 aromatic heterocycles. The van der Waals surface area contributed by atoms with Crippen molar-refractivity contribution in [3.8, 4) is 0 Å². The number of esters is 1. The topological polar surface area (TPSA) is 88.2 Å². The van der Waals surface area contributed by atoms with E-state index >= 15 is 4.39 Å². The number of amides is 2. The Bertz CT molecular complexity index is 1190. The molecule has 1 aromatic rings. The van der Waals surface area contributed by atoms with Crippen LogP contribution in [0.5, 0.6) is 0 Å². The minimum absolute atomic E-state index is 0.0934. The molecule has 8 nitrogen and oxygen atoms in total. The molecule has 1 aliphatic carbocycles. The van der Waals surface area contributed by atoms with Crippen molar-refractivity contribution in [1.29, 1.82) is 0 Å². The standard InChI is InChI=1S/C30H40FN3O5/c1-7-34(28(37)39-29(2,3)4)24-17-22(31)16-23-25(24)32-27(36)30(23,5)33-14-8-9-20(18-33)15-19-10-12-21(13-11-19)26(35)38-6/h10-13,17,20,23H,7-9,14-16,18H2,1-6H3,(H,32,36)/t20-,23?,30?/m0/s1. The molecule has 2 saturated heterocycles. The van der Waals surface area contributed by atoms with E-state index in [-0.39, 0.29) is 30.7 Å². The number of allylic oxidation sites excluding steroid dienone is 2. The van der Waals surface area contributed by atoms with Crippen LogP contribution in [0.1, 0.15) is 69.8 Å². The van der Waals surface area contributed by atoms with E-state index in [4.69, 9.17) is 9.47 Å². The molecule has 39 heavy (non-hydrogen) atoms. The fourth-order valence-electron chi connectivity index (χ4n) is 5.98. The SMILES string of the molecule is CCN(C(=O)OC(C)(C)C)C1=C2NC(=O)C(C)(N3CCC[C@@H](Cc4ccc(C(=O)OC)cc4)C3)C2CC(F)=C1. The van der Waals surface area contributed by atoms with Crippen LogP contribution in [0.2, 0.25) is 0 Å². The Kier molecular flexibility index (Phi) is 8.21. The van der Waals surface area contributed by atoms with Gasteiger partial charge in [-0.25, -0.2) is 14.0 Å². The van der Waals surface area contributed by atoms with Crippen molar-refractivity contribution >= 4 is 18.0 Å².